The second-order valence-electron chi connectivity index (χ2n) is 9.14. The number of fused-ring (bicyclic) bond motifs is 1. The smallest absolute Gasteiger partial charge is 0.321 e. The van der Waals surface area contributed by atoms with Gasteiger partial charge in [0.15, 0.2) is 9.84 Å². The summed E-state index contributed by atoms with van der Waals surface area (Å²) in [5.74, 6) is 0.0472. The van der Waals surface area contributed by atoms with Gasteiger partial charge in [0.2, 0.25) is 0 Å². The lowest BCUT2D eigenvalue weighted by Crippen LogP contribution is -2.46. The molecular weight excluding hydrogens is 442 g/mol. The molecule has 0 spiro atoms. The van der Waals surface area contributed by atoms with Crippen molar-refractivity contribution in [2.75, 3.05) is 35.2 Å². The first-order chi connectivity index (χ1) is 15.5. The number of benzene rings is 2. The second-order valence-corrected chi connectivity index (χ2v) is 11.4. The van der Waals surface area contributed by atoms with Crippen molar-refractivity contribution in [1.82, 2.24) is 14.7 Å². The van der Waals surface area contributed by atoms with E-state index in [-0.39, 0.29) is 35.8 Å². The van der Waals surface area contributed by atoms with Gasteiger partial charge >= 0.3 is 12.1 Å². The van der Waals surface area contributed by atoms with E-state index in [2.05, 4.69) is 15.7 Å². The molecule has 10 heteroatoms. The first kappa shape index (κ1) is 22.8. The second kappa shape index (κ2) is 8.51. The van der Waals surface area contributed by atoms with Gasteiger partial charge in [-0.3, -0.25) is 5.32 Å². The first-order valence-corrected chi connectivity index (χ1v) is 12.5. The maximum atomic E-state index is 13.1. The van der Waals surface area contributed by atoms with Crippen molar-refractivity contribution in [3.05, 3.63) is 54.2 Å². The number of rotatable bonds is 2. The molecule has 1 aliphatic rings. The Bertz CT molecular complexity index is 1310. The summed E-state index contributed by atoms with van der Waals surface area (Å²) in [6.45, 7) is 6.05. The van der Waals surface area contributed by atoms with Crippen molar-refractivity contribution >= 4 is 44.2 Å². The lowest BCUT2D eigenvalue weighted by atomic mass is 9.92. The van der Waals surface area contributed by atoms with Crippen molar-refractivity contribution in [2.45, 2.75) is 26.2 Å². The van der Waals surface area contributed by atoms with Crippen LogP contribution in [-0.4, -0.2) is 59.8 Å². The van der Waals surface area contributed by atoms with Crippen LogP contribution in [0.25, 0.3) is 10.8 Å². The molecule has 1 aromatic heterocycles. The fraction of sp³-hybridized carbons (Fsp3) is 0.348. The number of aromatic nitrogens is 2. The summed E-state index contributed by atoms with van der Waals surface area (Å²) in [6.07, 6.45) is 0. The number of urea groups is 1. The summed E-state index contributed by atoms with van der Waals surface area (Å²) in [6, 6.07) is 14.1. The zero-order valence-corrected chi connectivity index (χ0v) is 19.6. The molecule has 3 amide bonds. The number of carbonyl (C=O) groups excluding carboxylic acids is 2. The Morgan fingerprint density at radius 3 is 2.27 bits per heavy atom. The van der Waals surface area contributed by atoms with Crippen LogP contribution in [0.3, 0.4) is 0 Å². The fourth-order valence-electron chi connectivity index (χ4n) is 3.57. The number of nitrogens with zero attached hydrogens (tertiary/aromatic N) is 3. The van der Waals surface area contributed by atoms with Crippen LogP contribution in [0.4, 0.5) is 21.1 Å². The summed E-state index contributed by atoms with van der Waals surface area (Å²) in [5, 5.41) is 12.0. The van der Waals surface area contributed by atoms with Gasteiger partial charge in [-0.2, -0.15) is 9.78 Å². The summed E-state index contributed by atoms with van der Waals surface area (Å²) >= 11 is 0. The molecule has 0 bridgehead atoms. The Morgan fingerprint density at radius 1 is 0.939 bits per heavy atom. The minimum absolute atomic E-state index is 0.0860. The van der Waals surface area contributed by atoms with E-state index in [4.69, 9.17) is 0 Å². The summed E-state index contributed by atoms with van der Waals surface area (Å²) in [4.78, 5) is 27.3. The number of hydrogen-bond acceptors (Lipinski definition) is 5. The molecule has 9 nitrogen and oxygen atoms in total. The summed E-state index contributed by atoms with van der Waals surface area (Å²) in [5.41, 5.74) is 0.879. The van der Waals surface area contributed by atoms with Crippen molar-refractivity contribution in [3.8, 4) is 0 Å². The van der Waals surface area contributed by atoms with Gasteiger partial charge in [-0.1, -0.05) is 51.1 Å². The topological polar surface area (TPSA) is 113 Å². The van der Waals surface area contributed by atoms with Crippen LogP contribution in [0.1, 0.15) is 26.5 Å². The number of anilines is 2. The van der Waals surface area contributed by atoms with E-state index in [1.54, 1.807) is 12.1 Å². The van der Waals surface area contributed by atoms with Crippen molar-refractivity contribution < 1.29 is 18.0 Å². The van der Waals surface area contributed by atoms with E-state index in [0.29, 0.717) is 11.4 Å². The largest absolute Gasteiger partial charge is 0.346 e. The third kappa shape index (κ3) is 5.16. The van der Waals surface area contributed by atoms with E-state index in [1.165, 1.54) is 4.90 Å². The van der Waals surface area contributed by atoms with Crippen molar-refractivity contribution in [1.29, 1.82) is 0 Å². The molecule has 1 fully saturated rings. The third-order valence-electron chi connectivity index (χ3n) is 5.52. The summed E-state index contributed by atoms with van der Waals surface area (Å²) < 4.78 is 24.6. The fourth-order valence-corrected chi connectivity index (χ4v) is 4.77. The lowest BCUT2D eigenvalue weighted by molar-refractivity contribution is 0.201. The normalized spacial score (nSPS) is 15.9. The van der Waals surface area contributed by atoms with Gasteiger partial charge < -0.3 is 10.2 Å². The van der Waals surface area contributed by atoms with E-state index in [9.17, 15) is 18.0 Å². The summed E-state index contributed by atoms with van der Waals surface area (Å²) in [7, 11) is -3.13. The highest BCUT2D eigenvalue weighted by atomic mass is 32.2. The van der Waals surface area contributed by atoms with Crippen LogP contribution in [0.15, 0.2) is 48.5 Å². The Labute approximate surface area is 192 Å². The van der Waals surface area contributed by atoms with Gasteiger partial charge in [0, 0.05) is 30.3 Å². The van der Waals surface area contributed by atoms with Gasteiger partial charge in [0.05, 0.1) is 17.2 Å². The average molecular weight is 470 g/mol. The van der Waals surface area contributed by atoms with Crippen LogP contribution in [-0.2, 0) is 15.3 Å². The highest BCUT2D eigenvalue weighted by Crippen LogP contribution is 2.25. The number of hydrogen-bond donors (Lipinski definition) is 2. The monoisotopic (exact) mass is 469 g/mol. The van der Waals surface area contributed by atoms with Crippen molar-refractivity contribution in [2.24, 2.45) is 0 Å². The van der Waals surface area contributed by atoms with Crippen LogP contribution in [0, 0.1) is 0 Å². The zero-order valence-electron chi connectivity index (χ0n) is 18.8. The number of carbonyl (C=O) groups is 2. The molecular formula is C23H27N5O4S. The first-order valence-electron chi connectivity index (χ1n) is 10.7. The van der Waals surface area contributed by atoms with E-state index in [1.807, 2.05) is 57.2 Å². The standard InChI is InChI=1S/C23H27N5O4S/c1-23(2,3)19-15-20(28(26-19)22(30)27-10-12-33(31,32)13-11-27)25-21(29)24-18-9-8-16-6-4-5-7-17(16)14-18/h4-9,14-15H,10-13H2,1-3H3,(H2,24,25,29). The molecule has 2 heterocycles. The Hall–Kier alpha value is -3.40. The molecule has 0 saturated carbocycles. The van der Waals surface area contributed by atoms with E-state index >= 15 is 0 Å². The lowest BCUT2D eigenvalue weighted by Gasteiger charge is -2.26. The molecule has 1 aliphatic heterocycles. The van der Waals surface area contributed by atoms with Crippen LogP contribution >= 0.6 is 0 Å². The quantitative estimate of drug-likeness (QED) is 0.594. The van der Waals surface area contributed by atoms with Gasteiger partial charge in [0.1, 0.15) is 5.82 Å². The molecule has 0 unspecified atom stereocenters. The number of nitrogens with one attached hydrogen (secondary N) is 2. The molecule has 2 aromatic carbocycles. The molecule has 2 N–H and O–H groups in total. The molecule has 174 valence electrons. The SMILES string of the molecule is CC(C)(C)c1cc(NC(=O)Nc2ccc3ccccc3c2)n(C(=O)N2CCS(=O)(=O)CC2)n1. The van der Waals surface area contributed by atoms with Gasteiger partial charge in [-0.05, 0) is 22.9 Å². The molecule has 0 atom stereocenters. The Balaban J connectivity index is 1.56. The van der Waals surface area contributed by atoms with E-state index < -0.39 is 21.9 Å². The maximum absolute atomic E-state index is 13.1. The predicted molar refractivity (Wildman–Crippen MR) is 129 cm³/mol. The highest BCUT2D eigenvalue weighted by Gasteiger charge is 2.30. The molecule has 33 heavy (non-hydrogen) atoms. The van der Waals surface area contributed by atoms with Gasteiger partial charge in [-0.15, -0.1) is 0 Å². The molecule has 0 aliphatic carbocycles. The van der Waals surface area contributed by atoms with Crippen LogP contribution < -0.4 is 10.6 Å². The van der Waals surface area contributed by atoms with Crippen LogP contribution in [0.5, 0.6) is 0 Å². The molecule has 3 aromatic rings. The zero-order chi connectivity index (χ0) is 23.8. The Kier molecular flexibility index (Phi) is 5.87. The van der Waals surface area contributed by atoms with Gasteiger partial charge in [-0.25, -0.2) is 18.0 Å². The third-order valence-corrected chi connectivity index (χ3v) is 7.13. The maximum Gasteiger partial charge on any atom is 0.346 e. The molecule has 1 saturated heterocycles. The van der Waals surface area contributed by atoms with Crippen molar-refractivity contribution in [3.63, 3.8) is 0 Å². The predicted octanol–water partition coefficient (Wildman–Crippen LogP) is 3.68. The van der Waals surface area contributed by atoms with E-state index in [0.717, 1.165) is 15.5 Å². The Morgan fingerprint density at radius 2 is 1.61 bits per heavy atom. The highest BCUT2D eigenvalue weighted by molar-refractivity contribution is 7.91. The minimum Gasteiger partial charge on any atom is -0.321 e. The molecule has 0 radical (unpaired) electrons. The molecule has 4 rings (SSSR count). The number of sulfone groups is 1. The number of amides is 3. The van der Waals surface area contributed by atoms with Gasteiger partial charge in [0.25, 0.3) is 0 Å². The van der Waals surface area contributed by atoms with Crippen LogP contribution in [0.2, 0.25) is 0 Å². The average Bonchev–Trinajstić information content (AvgIpc) is 3.17. The minimum atomic E-state index is -3.13.